The van der Waals surface area contributed by atoms with Gasteiger partial charge in [-0.05, 0) is 48.9 Å². The molecule has 0 fully saturated rings. The molecule has 0 radical (unpaired) electrons. The zero-order chi connectivity index (χ0) is 18.3. The molecule has 2 aromatic heterocycles. The quantitative estimate of drug-likeness (QED) is 0.545. The number of hydrogen-bond donors (Lipinski definition) is 0. The molecule has 0 unspecified atom stereocenters. The maximum Gasteiger partial charge on any atom is 0.294 e. The lowest BCUT2D eigenvalue weighted by atomic mass is 10.1. The lowest BCUT2D eigenvalue weighted by Crippen LogP contribution is -2.24. The van der Waals surface area contributed by atoms with Gasteiger partial charge in [0, 0.05) is 5.56 Å². The normalized spacial score (nSPS) is 11.2. The fraction of sp³-hybridized carbons (Fsp3) is 0.105. The third-order valence-corrected chi connectivity index (χ3v) is 4.92. The summed E-state index contributed by atoms with van der Waals surface area (Å²) >= 11 is 1.37. The van der Waals surface area contributed by atoms with E-state index >= 15 is 0 Å². The SMILES string of the molecule is Cc1nc2c(=O)n(Cc3cccc(F)c3)nc(-c3ccc(F)cc3)c2s1. The van der Waals surface area contributed by atoms with Crippen LogP contribution in [0.5, 0.6) is 0 Å². The molecule has 0 atom stereocenters. The summed E-state index contributed by atoms with van der Waals surface area (Å²) in [7, 11) is 0. The van der Waals surface area contributed by atoms with Crippen molar-refractivity contribution in [3.63, 3.8) is 0 Å². The topological polar surface area (TPSA) is 47.8 Å². The number of aromatic nitrogens is 3. The van der Waals surface area contributed by atoms with Crippen LogP contribution in [0, 0.1) is 18.6 Å². The summed E-state index contributed by atoms with van der Waals surface area (Å²) < 4.78 is 28.7. The second-order valence-electron chi connectivity index (χ2n) is 5.86. The van der Waals surface area contributed by atoms with E-state index in [9.17, 15) is 13.6 Å². The van der Waals surface area contributed by atoms with Crippen molar-refractivity contribution < 1.29 is 8.78 Å². The first kappa shape index (κ1) is 16.5. The first-order valence-corrected chi connectivity index (χ1v) is 8.71. The Labute approximate surface area is 151 Å². The Morgan fingerprint density at radius 1 is 1.08 bits per heavy atom. The third kappa shape index (κ3) is 3.01. The molecular formula is C19H13F2N3OS. The van der Waals surface area contributed by atoms with Crippen LogP contribution < -0.4 is 5.56 Å². The average Bonchev–Trinajstić information content (AvgIpc) is 3.00. The van der Waals surface area contributed by atoms with E-state index < -0.39 is 0 Å². The number of nitrogens with zero attached hydrogens (tertiary/aromatic N) is 3. The monoisotopic (exact) mass is 369 g/mol. The molecule has 2 heterocycles. The molecule has 26 heavy (non-hydrogen) atoms. The Bertz CT molecular complexity index is 1170. The van der Waals surface area contributed by atoms with Crippen molar-refractivity contribution in [1.29, 1.82) is 0 Å². The van der Waals surface area contributed by atoms with Crippen LogP contribution in [0.3, 0.4) is 0 Å². The van der Waals surface area contributed by atoms with E-state index in [1.807, 2.05) is 6.92 Å². The predicted molar refractivity (Wildman–Crippen MR) is 97.3 cm³/mol. The fourth-order valence-corrected chi connectivity index (χ4v) is 3.70. The van der Waals surface area contributed by atoms with Crippen LogP contribution in [-0.2, 0) is 6.54 Å². The highest BCUT2D eigenvalue weighted by atomic mass is 32.1. The Morgan fingerprint density at radius 2 is 1.85 bits per heavy atom. The van der Waals surface area contributed by atoms with Crippen molar-refractivity contribution in [2.75, 3.05) is 0 Å². The molecule has 7 heteroatoms. The molecule has 0 aliphatic heterocycles. The Kier molecular flexibility index (Phi) is 4.08. The van der Waals surface area contributed by atoms with E-state index in [1.54, 1.807) is 24.3 Å². The van der Waals surface area contributed by atoms with E-state index in [-0.39, 0.29) is 23.7 Å². The molecular weight excluding hydrogens is 356 g/mol. The molecule has 0 saturated heterocycles. The Morgan fingerprint density at radius 3 is 2.58 bits per heavy atom. The van der Waals surface area contributed by atoms with Crippen molar-refractivity contribution in [3.8, 4) is 11.3 Å². The maximum atomic E-state index is 13.5. The molecule has 4 rings (SSSR count). The van der Waals surface area contributed by atoms with Gasteiger partial charge in [-0.15, -0.1) is 11.3 Å². The molecule has 0 aliphatic rings. The highest BCUT2D eigenvalue weighted by Gasteiger charge is 2.16. The average molecular weight is 369 g/mol. The highest BCUT2D eigenvalue weighted by molar-refractivity contribution is 7.19. The fourth-order valence-electron chi connectivity index (χ4n) is 2.78. The number of aryl methyl sites for hydroxylation is 1. The van der Waals surface area contributed by atoms with Gasteiger partial charge in [0.05, 0.1) is 16.3 Å². The van der Waals surface area contributed by atoms with E-state index in [0.29, 0.717) is 27.0 Å². The van der Waals surface area contributed by atoms with Gasteiger partial charge >= 0.3 is 0 Å². The third-order valence-electron chi connectivity index (χ3n) is 3.95. The number of hydrogen-bond acceptors (Lipinski definition) is 4. The van der Waals surface area contributed by atoms with Crippen molar-refractivity contribution in [1.82, 2.24) is 14.8 Å². The second-order valence-corrected chi connectivity index (χ2v) is 7.06. The lowest BCUT2D eigenvalue weighted by molar-refractivity contribution is 0.613. The van der Waals surface area contributed by atoms with Crippen molar-refractivity contribution in [2.24, 2.45) is 0 Å². The molecule has 4 nitrogen and oxygen atoms in total. The molecule has 0 N–H and O–H groups in total. The Hall–Kier alpha value is -2.93. The van der Waals surface area contributed by atoms with Gasteiger partial charge in [0.1, 0.15) is 17.3 Å². The van der Waals surface area contributed by atoms with Gasteiger partial charge in [-0.3, -0.25) is 4.79 Å². The van der Waals surface area contributed by atoms with Gasteiger partial charge in [-0.2, -0.15) is 5.10 Å². The summed E-state index contributed by atoms with van der Waals surface area (Å²) in [6, 6.07) is 11.9. The van der Waals surface area contributed by atoms with E-state index in [4.69, 9.17) is 0 Å². The van der Waals surface area contributed by atoms with Crippen LogP contribution in [-0.4, -0.2) is 14.8 Å². The first-order valence-electron chi connectivity index (χ1n) is 7.90. The highest BCUT2D eigenvalue weighted by Crippen LogP contribution is 2.29. The summed E-state index contributed by atoms with van der Waals surface area (Å²) in [5.41, 5.74) is 1.85. The van der Waals surface area contributed by atoms with Gasteiger partial charge < -0.3 is 0 Å². The maximum absolute atomic E-state index is 13.5. The van der Waals surface area contributed by atoms with Gasteiger partial charge in [0.25, 0.3) is 5.56 Å². The smallest absolute Gasteiger partial charge is 0.265 e. The summed E-state index contributed by atoms with van der Waals surface area (Å²) in [6.07, 6.45) is 0. The second kappa shape index (κ2) is 6.42. The molecule has 0 saturated carbocycles. The first-order chi connectivity index (χ1) is 12.5. The van der Waals surface area contributed by atoms with E-state index in [0.717, 1.165) is 5.01 Å². The van der Waals surface area contributed by atoms with Gasteiger partial charge in [0.2, 0.25) is 0 Å². The van der Waals surface area contributed by atoms with E-state index in [2.05, 4.69) is 10.1 Å². The van der Waals surface area contributed by atoms with Crippen LogP contribution in [0.2, 0.25) is 0 Å². The largest absolute Gasteiger partial charge is 0.294 e. The van der Waals surface area contributed by atoms with Crippen LogP contribution in [0.15, 0.2) is 53.3 Å². The zero-order valence-electron chi connectivity index (χ0n) is 13.7. The number of benzene rings is 2. The number of fused-ring (bicyclic) bond motifs is 1. The Balaban J connectivity index is 1.92. The van der Waals surface area contributed by atoms with Gasteiger partial charge in [0.15, 0.2) is 5.52 Å². The van der Waals surface area contributed by atoms with Crippen LogP contribution in [0.1, 0.15) is 10.6 Å². The number of thiazole rings is 1. The van der Waals surface area contributed by atoms with Crippen molar-refractivity contribution >= 4 is 21.6 Å². The molecule has 0 bridgehead atoms. The van der Waals surface area contributed by atoms with Crippen LogP contribution in [0.25, 0.3) is 21.5 Å². The number of halogens is 2. The lowest BCUT2D eigenvalue weighted by Gasteiger charge is -2.09. The zero-order valence-corrected chi connectivity index (χ0v) is 14.6. The van der Waals surface area contributed by atoms with Crippen molar-refractivity contribution in [2.45, 2.75) is 13.5 Å². The molecule has 0 amide bonds. The standard InChI is InChI=1S/C19H13F2N3OS/c1-11-22-17-18(26-11)16(13-5-7-14(20)8-6-13)23-24(19(17)25)10-12-3-2-4-15(21)9-12/h2-9H,10H2,1H3. The minimum atomic E-state index is -0.375. The number of rotatable bonds is 3. The van der Waals surface area contributed by atoms with E-state index in [1.165, 1.54) is 40.3 Å². The van der Waals surface area contributed by atoms with Crippen LogP contribution in [0.4, 0.5) is 8.78 Å². The van der Waals surface area contributed by atoms with Crippen LogP contribution >= 0.6 is 11.3 Å². The molecule has 2 aromatic carbocycles. The minimum Gasteiger partial charge on any atom is -0.265 e. The van der Waals surface area contributed by atoms with Gasteiger partial charge in [-0.1, -0.05) is 12.1 Å². The summed E-state index contributed by atoms with van der Waals surface area (Å²) in [5.74, 6) is -0.724. The van der Waals surface area contributed by atoms with Crippen molar-refractivity contribution in [3.05, 3.63) is 81.1 Å². The van der Waals surface area contributed by atoms with Gasteiger partial charge in [-0.25, -0.2) is 18.4 Å². The molecule has 0 spiro atoms. The molecule has 130 valence electrons. The summed E-state index contributed by atoms with van der Waals surface area (Å²) in [5, 5.41) is 5.21. The summed E-state index contributed by atoms with van der Waals surface area (Å²) in [6.45, 7) is 1.94. The molecule has 0 aliphatic carbocycles. The molecule has 4 aromatic rings. The minimum absolute atomic E-state index is 0.122. The predicted octanol–water partition coefficient (Wildman–Crippen LogP) is 4.15. The summed E-state index contributed by atoms with van der Waals surface area (Å²) in [4.78, 5) is 17.1.